The second-order valence-corrected chi connectivity index (χ2v) is 8.52. The summed E-state index contributed by atoms with van der Waals surface area (Å²) >= 11 is 0. The molecule has 6 nitrogen and oxygen atoms in total. The Morgan fingerprint density at radius 3 is 2.55 bits per heavy atom. The van der Waals surface area contributed by atoms with Gasteiger partial charge in [-0.25, -0.2) is 13.6 Å². The maximum atomic E-state index is 14.0. The van der Waals surface area contributed by atoms with E-state index >= 15 is 0 Å². The molecule has 2 amide bonds. The van der Waals surface area contributed by atoms with Crippen molar-refractivity contribution in [3.8, 4) is 0 Å². The van der Waals surface area contributed by atoms with Crippen LogP contribution in [0, 0.1) is 11.6 Å². The van der Waals surface area contributed by atoms with Gasteiger partial charge in [0.15, 0.2) is 0 Å². The molecule has 8 heteroatoms. The Morgan fingerprint density at radius 2 is 1.90 bits per heavy atom. The highest BCUT2D eigenvalue weighted by molar-refractivity contribution is 5.75. The number of hydrogen-bond acceptors (Lipinski definition) is 4. The van der Waals surface area contributed by atoms with E-state index < -0.39 is 17.2 Å². The van der Waals surface area contributed by atoms with E-state index in [2.05, 4.69) is 10.2 Å². The van der Waals surface area contributed by atoms with E-state index in [1.54, 1.807) is 0 Å². The number of aliphatic hydroxyl groups is 1. The molecule has 0 spiro atoms. The highest BCUT2D eigenvalue weighted by atomic mass is 19.1. The summed E-state index contributed by atoms with van der Waals surface area (Å²) in [6.45, 7) is 4.62. The largest absolute Gasteiger partial charge is 0.389 e. The van der Waals surface area contributed by atoms with Gasteiger partial charge in [-0.05, 0) is 37.3 Å². The van der Waals surface area contributed by atoms with Crippen LogP contribution in [0.3, 0.4) is 0 Å². The van der Waals surface area contributed by atoms with Crippen molar-refractivity contribution in [1.82, 2.24) is 15.1 Å². The Balaban J connectivity index is 1.32. The Morgan fingerprint density at radius 1 is 1.21 bits per heavy atom. The molecule has 3 heterocycles. The van der Waals surface area contributed by atoms with Crippen molar-refractivity contribution >= 4 is 6.03 Å². The monoisotopic (exact) mass is 409 g/mol. The molecule has 2 unspecified atom stereocenters. The van der Waals surface area contributed by atoms with Crippen LogP contribution in [-0.4, -0.2) is 78.0 Å². The molecule has 29 heavy (non-hydrogen) atoms. The molecule has 3 saturated heterocycles. The minimum atomic E-state index is -1.07. The first kappa shape index (κ1) is 20.5. The molecule has 0 aromatic heterocycles. The summed E-state index contributed by atoms with van der Waals surface area (Å²) in [7, 11) is 0. The summed E-state index contributed by atoms with van der Waals surface area (Å²) in [6.07, 6.45) is 2.65. The lowest BCUT2D eigenvalue weighted by molar-refractivity contribution is -0.0387. The third kappa shape index (κ3) is 4.70. The van der Waals surface area contributed by atoms with E-state index in [4.69, 9.17) is 4.74 Å². The van der Waals surface area contributed by atoms with Crippen LogP contribution < -0.4 is 5.32 Å². The van der Waals surface area contributed by atoms with Crippen LogP contribution in [0.2, 0.25) is 0 Å². The number of ether oxygens (including phenoxy) is 1. The number of hydrogen-bond donors (Lipinski definition) is 2. The van der Waals surface area contributed by atoms with Crippen molar-refractivity contribution in [1.29, 1.82) is 0 Å². The van der Waals surface area contributed by atoms with Crippen molar-refractivity contribution in [2.75, 3.05) is 39.4 Å². The SMILES string of the molecule is O=C(NCCN1CCOCC1)N1C2CCC1CC(O)(Cc1ccc(F)cc1F)C2. The number of carbonyl (C=O) groups excluding carboxylic acids is 1. The highest BCUT2D eigenvalue weighted by Gasteiger charge is 2.49. The standard InChI is InChI=1S/C21H29F2N3O3/c22-16-2-1-15(19(23)11-16)12-21(28)13-17-3-4-18(14-21)26(17)20(27)24-5-6-25-7-9-29-10-8-25/h1-2,11,17-18,28H,3-10,12-14H2,(H,24,27). The van der Waals surface area contributed by atoms with Crippen LogP contribution in [0.5, 0.6) is 0 Å². The van der Waals surface area contributed by atoms with Gasteiger partial charge in [-0.3, -0.25) is 4.90 Å². The highest BCUT2D eigenvalue weighted by Crippen LogP contribution is 2.42. The Bertz CT molecular complexity index is 728. The molecular formula is C21H29F2N3O3. The normalized spacial score (nSPS) is 29.8. The van der Waals surface area contributed by atoms with Gasteiger partial charge in [0, 0.05) is 50.7 Å². The number of amides is 2. The molecule has 0 radical (unpaired) electrons. The van der Waals surface area contributed by atoms with E-state index in [0.717, 1.165) is 51.8 Å². The van der Waals surface area contributed by atoms with E-state index in [0.29, 0.717) is 24.9 Å². The molecule has 4 rings (SSSR count). The minimum Gasteiger partial charge on any atom is -0.389 e. The smallest absolute Gasteiger partial charge is 0.317 e. The third-order valence-corrected chi connectivity index (χ3v) is 6.43. The number of nitrogens with zero attached hydrogens (tertiary/aromatic N) is 2. The van der Waals surface area contributed by atoms with Gasteiger partial charge in [0.25, 0.3) is 0 Å². The van der Waals surface area contributed by atoms with Crippen LogP contribution in [0.25, 0.3) is 0 Å². The number of fused-ring (bicyclic) bond motifs is 2. The number of rotatable bonds is 5. The summed E-state index contributed by atoms with van der Waals surface area (Å²) in [5.41, 5.74) is -0.758. The minimum absolute atomic E-state index is 0.0503. The lowest BCUT2D eigenvalue weighted by Gasteiger charge is -2.44. The molecule has 3 aliphatic heterocycles. The first-order valence-corrected chi connectivity index (χ1v) is 10.5. The summed E-state index contributed by atoms with van der Waals surface area (Å²) in [5.74, 6) is -1.25. The number of halogens is 2. The zero-order valence-corrected chi connectivity index (χ0v) is 16.6. The zero-order valence-electron chi connectivity index (χ0n) is 16.6. The van der Waals surface area contributed by atoms with Gasteiger partial charge in [0.1, 0.15) is 11.6 Å². The van der Waals surface area contributed by atoms with Gasteiger partial charge < -0.3 is 20.1 Å². The number of carbonyl (C=O) groups is 1. The second kappa shape index (κ2) is 8.53. The number of morpholine rings is 1. The predicted octanol–water partition coefficient (Wildman–Crippen LogP) is 1.91. The fourth-order valence-electron chi connectivity index (χ4n) is 5.05. The Labute approximate surface area is 169 Å². The molecule has 3 fully saturated rings. The van der Waals surface area contributed by atoms with Crippen molar-refractivity contribution in [3.63, 3.8) is 0 Å². The molecule has 0 saturated carbocycles. The average Bonchev–Trinajstić information content (AvgIpc) is 2.97. The van der Waals surface area contributed by atoms with Crippen LogP contribution in [0.1, 0.15) is 31.2 Å². The van der Waals surface area contributed by atoms with Crippen molar-refractivity contribution < 1.29 is 23.4 Å². The molecular weight excluding hydrogens is 380 g/mol. The molecule has 0 aliphatic carbocycles. The molecule has 3 aliphatic rings. The first-order valence-electron chi connectivity index (χ1n) is 10.5. The van der Waals surface area contributed by atoms with Gasteiger partial charge in [0.05, 0.1) is 18.8 Å². The number of benzene rings is 1. The predicted molar refractivity (Wildman–Crippen MR) is 104 cm³/mol. The Kier molecular flexibility index (Phi) is 6.03. The summed E-state index contributed by atoms with van der Waals surface area (Å²) in [5, 5.41) is 14.1. The topological polar surface area (TPSA) is 65.0 Å². The zero-order chi connectivity index (χ0) is 20.4. The third-order valence-electron chi connectivity index (χ3n) is 6.43. The van der Waals surface area contributed by atoms with Crippen molar-refractivity contribution in [2.45, 2.75) is 49.8 Å². The van der Waals surface area contributed by atoms with Gasteiger partial charge in [0.2, 0.25) is 0 Å². The van der Waals surface area contributed by atoms with Crippen molar-refractivity contribution in [3.05, 3.63) is 35.4 Å². The lowest BCUT2D eigenvalue weighted by atomic mass is 9.81. The van der Waals surface area contributed by atoms with Crippen molar-refractivity contribution in [2.24, 2.45) is 0 Å². The fraction of sp³-hybridized carbons (Fsp3) is 0.667. The molecule has 2 bridgehead atoms. The molecule has 2 atom stereocenters. The quantitative estimate of drug-likeness (QED) is 0.780. The second-order valence-electron chi connectivity index (χ2n) is 8.52. The number of nitrogens with one attached hydrogen (secondary N) is 1. The first-order chi connectivity index (χ1) is 13.9. The van der Waals surface area contributed by atoms with E-state index in [9.17, 15) is 18.7 Å². The fourth-order valence-corrected chi connectivity index (χ4v) is 5.05. The van der Waals surface area contributed by atoms with Crippen LogP contribution in [0.4, 0.5) is 13.6 Å². The van der Waals surface area contributed by atoms with Crippen LogP contribution in [-0.2, 0) is 11.2 Å². The number of piperidine rings is 1. The lowest BCUT2D eigenvalue weighted by Crippen LogP contribution is -2.57. The maximum Gasteiger partial charge on any atom is 0.317 e. The van der Waals surface area contributed by atoms with Crippen LogP contribution >= 0.6 is 0 Å². The summed E-state index contributed by atoms with van der Waals surface area (Å²) in [6, 6.07) is 3.28. The van der Waals surface area contributed by atoms with Gasteiger partial charge >= 0.3 is 6.03 Å². The Hall–Kier alpha value is -1.77. The van der Waals surface area contributed by atoms with E-state index in [1.807, 2.05) is 4.90 Å². The van der Waals surface area contributed by atoms with Gasteiger partial charge in [-0.1, -0.05) is 6.07 Å². The average molecular weight is 409 g/mol. The summed E-state index contributed by atoms with van der Waals surface area (Å²) in [4.78, 5) is 16.9. The van der Waals surface area contributed by atoms with E-state index in [-0.39, 0.29) is 24.5 Å². The molecule has 1 aromatic carbocycles. The maximum absolute atomic E-state index is 14.0. The molecule has 1 aromatic rings. The van der Waals surface area contributed by atoms with Gasteiger partial charge in [-0.15, -0.1) is 0 Å². The van der Waals surface area contributed by atoms with E-state index in [1.165, 1.54) is 12.1 Å². The summed E-state index contributed by atoms with van der Waals surface area (Å²) < 4.78 is 32.5. The van der Waals surface area contributed by atoms with Gasteiger partial charge in [-0.2, -0.15) is 0 Å². The number of urea groups is 1. The molecule has 160 valence electrons. The molecule has 2 N–H and O–H groups in total. The van der Waals surface area contributed by atoms with Crippen LogP contribution in [0.15, 0.2) is 18.2 Å².